The molecule has 2 N–H and O–H groups in total. The molecule has 1 aromatic heterocycles. The van der Waals surface area contributed by atoms with Gasteiger partial charge in [0.25, 0.3) is 5.69 Å². The maximum Gasteiger partial charge on any atom is 0.322 e. The molecule has 28 heavy (non-hydrogen) atoms. The number of nitro groups is 1. The van der Waals surface area contributed by atoms with Crippen LogP contribution in [0.5, 0.6) is 5.75 Å². The summed E-state index contributed by atoms with van der Waals surface area (Å²) in [6, 6.07) is 14.0. The zero-order chi connectivity index (χ0) is 20.1. The number of carbonyl (C=O) groups excluding carboxylic acids is 1. The van der Waals surface area contributed by atoms with E-state index >= 15 is 0 Å². The molecule has 2 aromatic carbocycles. The van der Waals surface area contributed by atoms with Gasteiger partial charge < -0.3 is 19.7 Å². The Morgan fingerprint density at radius 2 is 1.96 bits per heavy atom. The lowest BCUT2D eigenvalue weighted by atomic mass is 10.1. The highest BCUT2D eigenvalue weighted by Crippen LogP contribution is 2.24. The standard InChI is InChI=1S/C20H19N3O5/c1-14-8-9-16(23(26)27)11-18(14)21-20(25)22(13-17-6-4-10-28-17)12-15-5-2-3-7-19(15)24/h2-11,24H,12-13H2,1H3,(H,21,25). The predicted octanol–water partition coefficient (Wildman–Crippen LogP) is 4.44. The predicted molar refractivity (Wildman–Crippen MR) is 103 cm³/mol. The summed E-state index contributed by atoms with van der Waals surface area (Å²) in [4.78, 5) is 24.9. The zero-order valence-corrected chi connectivity index (χ0v) is 15.2. The summed E-state index contributed by atoms with van der Waals surface area (Å²) in [5.41, 5.74) is 1.50. The second-order valence-electron chi connectivity index (χ2n) is 6.25. The van der Waals surface area contributed by atoms with Gasteiger partial charge >= 0.3 is 6.03 Å². The van der Waals surface area contributed by atoms with Crippen molar-refractivity contribution < 1.29 is 19.2 Å². The van der Waals surface area contributed by atoms with Crippen molar-refractivity contribution in [2.45, 2.75) is 20.0 Å². The average Bonchev–Trinajstić information content (AvgIpc) is 3.17. The van der Waals surface area contributed by atoms with E-state index in [1.54, 1.807) is 49.4 Å². The van der Waals surface area contributed by atoms with E-state index in [4.69, 9.17) is 4.42 Å². The molecule has 0 radical (unpaired) electrons. The van der Waals surface area contributed by atoms with Crippen LogP contribution in [-0.4, -0.2) is 21.0 Å². The zero-order valence-electron chi connectivity index (χ0n) is 15.2. The fraction of sp³-hybridized carbons (Fsp3) is 0.150. The van der Waals surface area contributed by atoms with Crippen LogP contribution >= 0.6 is 0 Å². The van der Waals surface area contributed by atoms with Gasteiger partial charge in [0.05, 0.1) is 30.0 Å². The summed E-state index contributed by atoms with van der Waals surface area (Å²) in [7, 11) is 0. The lowest BCUT2D eigenvalue weighted by molar-refractivity contribution is -0.384. The van der Waals surface area contributed by atoms with Crippen LogP contribution in [0.25, 0.3) is 0 Å². The number of aryl methyl sites for hydroxylation is 1. The number of rotatable bonds is 6. The highest BCUT2D eigenvalue weighted by atomic mass is 16.6. The minimum Gasteiger partial charge on any atom is -0.508 e. The summed E-state index contributed by atoms with van der Waals surface area (Å²) in [6.45, 7) is 2.05. The maximum absolute atomic E-state index is 12.9. The van der Waals surface area contributed by atoms with Gasteiger partial charge in [-0.15, -0.1) is 0 Å². The van der Waals surface area contributed by atoms with Crippen molar-refractivity contribution in [1.82, 2.24) is 4.90 Å². The Balaban J connectivity index is 1.85. The quantitative estimate of drug-likeness (QED) is 0.485. The van der Waals surface area contributed by atoms with Crippen LogP contribution in [0, 0.1) is 17.0 Å². The summed E-state index contributed by atoms with van der Waals surface area (Å²) >= 11 is 0. The Kier molecular flexibility index (Phi) is 5.59. The van der Waals surface area contributed by atoms with E-state index in [1.165, 1.54) is 23.3 Å². The molecule has 0 bridgehead atoms. The number of anilines is 1. The number of furan rings is 1. The molecule has 8 heteroatoms. The van der Waals surface area contributed by atoms with Gasteiger partial charge in [0.2, 0.25) is 0 Å². The molecule has 0 aliphatic heterocycles. The fourth-order valence-corrected chi connectivity index (χ4v) is 2.69. The molecular weight excluding hydrogens is 362 g/mol. The summed E-state index contributed by atoms with van der Waals surface area (Å²) in [5.74, 6) is 0.646. The molecule has 2 amide bonds. The monoisotopic (exact) mass is 381 g/mol. The Labute approximate surface area is 161 Å². The number of nitro benzene ring substituents is 1. The summed E-state index contributed by atoms with van der Waals surface area (Å²) < 4.78 is 5.33. The number of para-hydroxylation sites is 1. The molecule has 0 fully saturated rings. The third-order valence-corrected chi connectivity index (χ3v) is 4.24. The van der Waals surface area contributed by atoms with Crippen molar-refractivity contribution in [1.29, 1.82) is 0 Å². The first kappa shape index (κ1) is 19.0. The first-order valence-electron chi connectivity index (χ1n) is 8.54. The van der Waals surface area contributed by atoms with Crippen LogP contribution in [0.3, 0.4) is 0 Å². The number of phenolic OH excluding ortho intramolecular Hbond substituents is 1. The van der Waals surface area contributed by atoms with E-state index in [2.05, 4.69) is 5.32 Å². The molecule has 3 aromatic rings. The number of hydrogen-bond acceptors (Lipinski definition) is 5. The number of benzene rings is 2. The Morgan fingerprint density at radius 1 is 1.18 bits per heavy atom. The smallest absolute Gasteiger partial charge is 0.322 e. The topological polar surface area (TPSA) is 109 Å². The second-order valence-corrected chi connectivity index (χ2v) is 6.25. The number of nitrogens with zero attached hydrogens (tertiary/aromatic N) is 2. The molecule has 0 unspecified atom stereocenters. The van der Waals surface area contributed by atoms with Crippen LogP contribution in [0.4, 0.5) is 16.2 Å². The van der Waals surface area contributed by atoms with Crippen molar-refractivity contribution in [2.24, 2.45) is 0 Å². The first-order chi connectivity index (χ1) is 13.4. The van der Waals surface area contributed by atoms with Crippen LogP contribution in [0.1, 0.15) is 16.9 Å². The Morgan fingerprint density at radius 3 is 2.64 bits per heavy atom. The molecule has 3 rings (SSSR count). The average molecular weight is 381 g/mol. The number of carbonyl (C=O) groups is 1. The van der Waals surface area contributed by atoms with Crippen molar-refractivity contribution in [3.05, 3.63) is 87.9 Å². The molecular formula is C20H19N3O5. The molecule has 0 aliphatic rings. The largest absolute Gasteiger partial charge is 0.508 e. The van der Waals surface area contributed by atoms with Crippen LogP contribution in [0.2, 0.25) is 0 Å². The number of phenols is 1. The van der Waals surface area contributed by atoms with E-state index in [0.29, 0.717) is 22.6 Å². The van der Waals surface area contributed by atoms with Gasteiger partial charge in [-0.1, -0.05) is 24.3 Å². The molecule has 0 saturated heterocycles. The van der Waals surface area contributed by atoms with Crippen LogP contribution < -0.4 is 5.32 Å². The molecule has 0 aliphatic carbocycles. The molecule has 1 heterocycles. The SMILES string of the molecule is Cc1ccc([N+](=O)[O-])cc1NC(=O)N(Cc1ccco1)Cc1ccccc1O. The van der Waals surface area contributed by atoms with Crippen molar-refractivity contribution in [2.75, 3.05) is 5.32 Å². The first-order valence-corrected chi connectivity index (χ1v) is 8.54. The molecule has 0 atom stereocenters. The molecule has 144 valence electrons. The highest BCUT2D eigenvalue weighted by Gasteiger charge is 2.19. The third-order valence-electron chi connectivity index (χ3n) is 4.24. The summed E-state index contributed by atoms with van der Waals surface area (Å²) in [6.07, 6.45) is 1.51. The number of hydrogen-bond donors (Lipinski definition) is 2. The van der Waals surface area contributed by atoms with Gasteiger partial charge in [-0.3, -0.25) is 10.1 Å². The normalized spacial score (nSPS) is 10.5. The van der Waals surface area contributed by atoms with E-state index in [9.17, 15) is 20.0 Å². The van der Waals surface area contributed by atoms with E-state index in [-0.39, 0.29) is 24.5 Å². The van der Waals surface area contributed by atoms with Crippen molar-refractivity contribution >= 4 is 17.4 Å². The number of urea groups is 1. The maximum atomic E-state index is 12.9. The van der Waals surface area contributed by atoms with Gasteiger partial charge in [0, 0.05) is 17.7 Å². The molecule has 0 spiro atoms. The summed E-state index contributed by atoms with van der Waals surface area (Å²) in [5, 5.41) is 23.8. The third kappa shape index (κ3) is 4.47. The number of non-ortho nitro benzene ring substituents is 1. The minimum absolute atomic E-state index is 0.0753. The molecule has 0 saturated carbocycles. The van der Waals surface area contributed by atoms with Crippen molar-refractivity contribution in [3.63, 3.8) is 0 Å². The minimum atomic E-state index is -0.516. The van der Waals surface area contributed by atoms with Gasteiger partial charge in [-0.2, -0.15) is 0 Å². The van der Waals surface area contributed by atoms with E-state index in [0.717, 1.165) is 0 Å². The van der Waals surface area contributed by atoms with E-state index in [1.807, 2.05) is 0 Å². The lowest BCUT2D eigenvalue weighted by Gasteiger charge is -2.23. The lowest BCUT2D eigenvalue weighted by Crippen LogP contribution is -2.34. The van der Waals surface area contributed by atoms with Crippen LogP contribution in [-0.2, 0) is 13.1 Å². The Bertz CT molecular complexity index is 985. The number of aromatic hydroxyl groups is 1. The highest BCUT2D eigenvalue weighted by molar-refractivity contribution is 5.90. The second kappa shape index (κ2) is 8.26. The van der Waals surface area contributed by atoms with Gasteiger partial charge in [0.1, 0.15) is 11.5 Å². The van der Waals surface area contributed by atoms with Gasteiger partial charge in [0.15, 0.2) is 0 Å². The Hall–Kier alpha value is -3.81. The van der Waals surface area contributed by atoms with E-state index < -0.39 is 11.0 Å². The fourth-order valence-electron chi connectivity index (χ4n) is 2.69. The number of amides is 2. The number of nitrogens with one attached hydrogen (secondary N) is 1. The molecule has 8 nitrogen and oxygen atoms in total. The van der Waals surface area contributed by atoms with Gasteiger partial charge in [-0.25, -0.2) is 4.79 Å². The van der Waals surface area contributed by atoms with Gasteiger partial charge in [-0.05, 0) is 30.7 Å². The van der Waals surface area contributed by atoms with Crippen molar-refractivity contribution in [3.8, 4) is 5.75 Å². The van der Waals surface area contributed by atoms with Crippen LogP contribution in [0.15, 0.2) is 65.3 Å².